The van der Waals surface area contributed by atoms with Crippen molar-refractivity contribution in [3.05, 3.63) is 54.4 Å². The van der Waals surface area contributed by atoms with Gasteiger partial charge in [0.15, 0.2) is 11.5 Å². The third kappa shape index (κ3) is 3.98. The van der Waals surface area contributed by atoms with Crippen molar-refractivity contribution in [3.63, 3.8) is 0 Å². The summed E-state index contributed by atoms with van der Waals surface area (Å²) in [5.41, 5.74) is 1.42. The van der Waals surface area contributed by atoms with E-state index >= 15 is 0 Å². The Hall–Kier alpha value is -4.01. The number of rotatable bonds is 6. The van der Waals surface area contributed by atoms with Gasteiger partial charge in [-0.1, -0.05) is 0 Å². The van der Waals surface area contributed by atoms with Crippen LogP contribution in [0.2, 0.25) is 0 Å². The smallest absolute Gasteiger partial charge is 0.274 e. The van der Waals surface area contributed by atoms with Crippen molar-refractivity contribution >= 4 is 23.2 Å². The highest BCUT2D eigenvalue weighted by Gasteiger charge is 2.16. The maximum absolute atomic E-state index is 12.6. The van der Waals surface area contributed by atoms with Crippen LogP contribution in [0.15, 0.2) is 48.7 Å². The van der Waals surface area contributed by atoms with Crippen LogP contribution < -0.4 is 29.6 Å². The fourth-order valence-electron chi connectivity index (χ4n) is 2.74. The van der Waals surface area contributed by atoms with Gasteiger partial charge >= 0.3 is 0 Å². The molecule has 0 unspecified atom stereocenters. The Morgan fingerprint density at radius 2 is 1.90 bits per heavy atom. The second-order valence-electron chi connectivity index (χ2n) is 5.98. The minimum Gasteiger partial charge on any atom is -0.497 e. The molecule has 0 radical (unpaired) electrons. The first-order valence-corrected chi connectivity index (χ1v) is 8.69. The Morgan fingerprint density at radius 3 is 2.72 bits per heavy atom. The summed E-state index contributed by atoms with van der Waals surface area (Å²) in [5.74, 6) is 2.32. The standard InChI is InChI=1S/C20H18N4O5/c1-26-13-4-5-14(17(10-13)27-2)23-20-21-8-7-15(24-20)19(25)22-12-3-6-16-18(9-12)29-11-28-16/h3-10H,11H2,1-2H3,(H,22,25)(H,21,23,24). The zero-order valence-corrected chi connectivity index (χ0v) is 15.8. The van der Waals surface area contributed by atoms with Gasteiger partial charge in [0.1, 0.15) is 17.2 Å². The lowest BCUT2D eigenvalue weighted by atomic mass is 10.2. The molecule has 0 fully saturated rings. The van der Waals surface area contributed by atoms with Crippen LogP contribution in [0.3, 0.4) is 0 Å². The number of carbonyl (C=O) groups excluding carboxylic acids is 1. The molecular weight excluding hydrogens is 376 g/mol. The summed E-state index contributed by atoms with van der Waals surface area (Å²) in [6.07, 6.45) is 1.50. The second kappa shape index (κ2) is 7.93. The van der Waals surface area contributed by atoms with Crippen molar-refractivity contribution < 1.29 is 23.7 Å². The number of aromatic nitrogens is 2. The third-order valence-electron chi connectivity index (χ3n) is 4.17. The molecule has 148 valence electrons. The third-order valence-corrected chi connectivity index (χ3v) is 4.17. The SMILES string of the molecule is COc1ccc(Nc2nccc(C(=O)Nc3ccc4c(c3)OCO4)n2)c(OC)c1. The van der Waals surface area contributed by atoms with Gasteiger partial charge in [0.2, 0.25) is 12.7 Å². The van der Waals surface area contributed by atoms with E-state index in [0.717, 1.165) is 0 Å². The molecule has 4 rings (SSSR count). The number of anilines is 3. The van der Waals surface area contributed by atoms with E-state index in [4.69, 9.17) is 18.9 Å². The molecule has 0 saturated heterocycles. The first kappa shape index (κ1) is 18.4. The van der Waals surface area contributed by atoms with E-state index in [1.807, 2.05) is 0 Å². The van der Waals surface area contributed by atoms with Crippen LogP contribution in [0.5, 0.6) is 23.0 Å². The van der Waals surface area contributed by atoms with Crippen LogP contribution in [0.25, 0.3) is 0 Å². The number of methoxy groups -OCH3 is 2. The number of nitrogens with one attached hydrogen (secondary N) is 2. The molecule has 9 heteroatoms. The van der Waals surface area contributed by atoms with Gasteiger partial charge in [0.25, 0.3) is 5.91 Å². The summed E-state index contributed by atoms with van der Waals surface area (Å²) in [4.78, 5) is 21.0. The average molecular weight is 394 g/mol. The van der Waals surface area contributed by atoms with Gasteiger partial charge in [-0.05, 0) is 30.3 Å². The van der Waals surface area contributed by atoms with Crippen molar-refractivity contribution in [3.8, 4) is 23.0 Å². The highest BCUT2D eigenvalue weighted by molar-refractivity contribution is 6.03. The second-order valence-corrected chi connectivity index (χ2v) is 5.98. The van der Waals surface area contributed by atoms with E-state index in [-0.39, 0.29) is 24.3 Å². The maximum Gasteiger partial charge on any atom is 0.274 e. The summed E-state index contributed by atoms with van der Waals surface area (Å²) in [7, 11) is 3.13. The number of ether oxygens (including phenoxy) is 4. The summed E-state index contributed by atoms with van der Waals surface area (Å²) in [5, 5.41) is 5.83. The van der Waals surface area contributed by atoms with E-state index in [2.05, 4.69) is 20.6 Å². The van der Waals surface area contributed by atoms with Gasteiger partial charge in [-0.3, -0.25) is 4.79 Å². The Balaban J connectivity index is 1.50. The Bertz CT molecular complexity index is 1060. The Kier molecular flexibility index (Phi) is 5.02. The molecule has 9 nitrogen and oxygen atoms in total. The molecule has 0 spiro atoms. The highest BCUT2D eigenvalue weighted by Crippen LogP contribution is 2.34. The van der Waals surface area contributed by atoms with Crippen LogP contribution in [0.1, 0.15) is 10.5 Å². The quantitative estimate of drug-likeness (QED) is 0.657. The fraction of sp³-hybridized carbons (Fsp3) is 0.150. The highest BCUT2D eigenvalue weighted by atomic mass is 16.7. The molecule has 1 amide bonds. The normalized spacial score (nSPS) is 11.7. The zero-order chi connectivity index (χ0) is 20.2. The largest absolute Gasteiger partial charge is 0.497 e. The lowest BCUT2D eigenvalue weighted by molar-refractivity contribution is 0.102. The van der Waals surface area contributed by atoms with Crippen LogP contribution >= 0.6 is 0 Å². The summed E-state index contributed by atoms with van der Waals surface area (Å²) in [6.45, 7) is 0.169. The number of hydrogen-bond acceptors (Lipinski definition) is 8. The van der Waals surface area contributed by atoms with Crippen molar-refractivity contribution in [2.75, 3.05) is 31.6 Å². The molecule has 2 heterocycles. The van der Waals surface area contributed by atoms with E-state index in [1.165, 1.54) is 12.3 Å². The zero-order valence-electron chi connectivity index (χ0n) is 15.8. The summed E-state index contributed by atoms with van der Waals surface area (Å²) in [6, 6.07) is 12.0. The van der Waals surface area contributed by atoms with Gasteiger partial charge in [-0.2, -0.15) is 0 Å². The van der Waals surface area contributed by atoms with E-state index in [1.54, 1.807) is 50.6 Å². The minimum atomic E-state index is -0.379. The van der Waals surface area contributed by atoms with Crippen molar-refractivity contribution in [1.82, 2.24) is 9.97 Å². The van der Waals surface area contributed by atoms with E-state index in [0.29, 0.717) is 34.4 Å². The minimum absolute atomic E-state index is 0.169. The Labute approximate surface area is 166 Å². The predicted octanol–water partition coefficient (Wildman–Crippen LogP) is 3.22. The molecule has 2 aromatic carbocycles. The van der Waals surface area contributed by atoms with Crippen LogP contribution in [-0.2, 0) is 0 Å². The molecule has 1 aromatic heterocycles. The molecule has 0 aliphatic carbocycles. The lowest BCUT2D eigenvalue weighted by Gasteiger charge is -2.12. The molecule has 0 atom stereocenters. The monoisotopic (exact) mass is 394 g/mol. The summed E-state index contributed by atoms with van der Waals surface area (Å²) >= 11 is 0. The maximum atomic E-state index is 12.6. The first-order chi connectivity index (χ1) is 14.2. The average Bonchev–Trinajstić information content (AvgIpc) is 3.22. The van der Waals surface area contributed by atoms with Gasteiger partial charge in [0, 0.05) is 24.0 Å². The number of amides is 1. The number of fused-ring (bicyclic) bond motifs is 1. The van der Waals surface area contributed by atoms with Crippen LogP contribution in [0, 0.1) is 0 Å². The van der Waals surface area contributed by atoms with E-state index in [9.17, 15) is 4.79 Å². The van der Waals surface area contributed by atoms with Gasteiger partial charge < -0.3 is 29.6 Å². The van der Waals surface area contributed by atoms with Crippen LogP contribution in [0.4, 0.5) is 17.3 Å². The van der Waals surface area contributed by atoms with Gasteiger partial charge in [-0.15, -0.1) is 0 Å². The topological polar surface area (TPSA) is 104 Å². The molecule has 1 aliphatic rings. The van der Waals surface area contributed by atoms with Crippen LogP contribution in [-0.4, -0.2) is 36.9 Å². The predicted molar refractivity (Wildman–Crippen MR) is 105 cm³/mol. The van der Waals surface area contributed by atoms with Crippen molar-refractivity contribution in [1.29, 1.82) is 0 Å². The molecule has 2 N–H and O–H groups in total. The summed E-state index contributed by atoms with van der Waals surface area (Å²) < 4.78 is 21.1. The van der Waals surface area contributed by atoms with Gasteiger partial charge in [0.05, 0.1) is 19.9 Å². The Morgan fingerprint density at radius 1 is 1.03 bits per heavy atom. The molecular formula is C20H18N4O5. The molecule has 29 heavy (non-hydrogen) atoms. The lowest BCUT2D eigenvalue weighted by Crippen LogP contribution is -2.14. The fourth-order valence-corrected chi connectivity index (χ4v) is 2.74. The number of benzene rings is 2. The van der Waals surface area contributed by atoms with Crippen molar-refractivity contribution in [2.24, 2.45) is 0 Å². The molecule has 0 bridgehead atoms. The van der Waals surface area contributed by atoms with E-state index < -0.39 is 0 Å². The number of hydrogen-bond donors (Lipinski definition) is 2. The first-order valence-electron chi connectivity index (χ1n) is 8.69. The number of carbonyl (C=O) groups is 1. The van der Waals surface area contributed by atoms with Gasteiger partial charge in [-0.25, -0.2) is 9.97 Å². The molecule has 0 saturated carbocycles. The molecule has 1 aliphatic heterocycles. The molecule has 3 aromatic rings. The van der Waals surface area contributed by atoms with Crippen molar-refractivity contribution in [2.45, 2.75) is 0 Å². The number of nitrogens with zero attached hydrogens (tertiary/aromatic N) is 2.